The van der Waals surface area contributed by atoms with E-state index in [9.17, 15) is 4.79 Å². The van der Waals surface area contributed by atoms with Crippen LogP contribution in [0, 0.1) is 18.3 Å². The van der Waals surface area contributed by atoms with E-state index < -0.39 is 0 Å². The minimum atomic E-state index is -0.289. The minimum absolute atomic E-state index is 0.227. The van der Waals surface area contributed by atoms with Crippen LogP contribution in [0.2, 0.25) is 0 Å². The van der Waals surface area contributed by atoms with E-state index in [0.29, 0.717) is 16.9 Å². The fourth-order valence-corrected chi connectivity index (χ4v) is 3.28. The van der Waals surface area contributed by atoms with Gasteiger partial charge in [-0.15, -0.1) is 0 Å². The number of hydrogen-bond donors (Lipinski definition) is 1. The zero-order valence-corrected chi connectivity index (χ0v) is 16.0. The lowest BCUT2D eigenvalue weighted by Gasteiger charge is -2.18. The molecule has 142 valence electrons. The van der Waals surface area contributed by atoms with Crippen LogP contribution in [0.15, 0.2) is 61.2 Å². The number of carbonyl (C=O) groups excluding carboxylic acids is 1. The van der Waals surface area contributed by atoms with E-state index in [2.05, 4.69) is 26.5 Å². The Balaban J connectivity index is 1.72. The highest BCUT2D eigenvalue weighted by molar-refractivity contribution is 5.96. The number of para-hydroxylation sites is 1. The van der Waals surface area contributed by atoms with Crippen LogP contribution in [0.25, 0.3) is 16.7 Å². The van der Waals surface area contributed by atoms with Crippen LogP contribution in [0.1, 0.15) is 40.0 Å². The third-order valence-corrected chi connectivity index (χ3v) is 4.81. The van der Waals surface area contributed by atoms with E-state index in [1.54, 1.807) is 29.2 Å². The van der Waals surface area contributed by atoms with Crippen LogP contribution < -0.4 is 5.32 Å². The Morgan fingerprint density at radius 2 is 2.03 bits per heavy atom. The van der Waals surface area contributed by atoms with Crippen LogP contribution in [-0.4, -0.2) is 25.7 Å². The summed E-state index contributed by atoms with van der Waals surface area (Å²) < 4.78 is 1.59. The maximum Gasteiger partial charge on any atom is 0.252 e. The molecule has 0 saturated carbocycles. The van der Waals surface area contributed by atoms with Crippen LogP contribution in [0.5, 0.6) is 0 Å². The second kappa shape index (κ2) is 7.52. The van der Waals surface area contributed by atoms with Gasteiger partial charge in [0, 0.05) is 10.9 Å². The molecule has 4 rings (SSSR count). The predicted octanol–water partition coefficient (Wildman–Crippen LogP) is 3.49. The van der Waals surface area contributed by atoms with E-state index >= 15 is 0 Å². The van der Waals surface area contributed by atoms with Gasteiger partial charge in [-0.25, -0.2) is 14.6 Å². The molecule has 1 atom stereocenters. The first kappa shape index (κ1) is 18.3. The predicted molar refractivity (Wildman–Crippen MR) is 108 cm³/mol. The number of fused-ring (bicyclic) bond motifs is 1. The average Bonchev–Trinajstić information content (AvgIpc) is 3.28. The summed E-state index contributed by atoms with van der Waals surface area (Å²) in [6.07, 6.45) is 3.04. The Hall–Kier alpha value is -4.05. The zero-order valence-electron chi connectivity index (χ0n) is 16.0. The molecule has 0 unspecified atom stereocenters. The fraction of sp³-hybridized carbons (Fsp3) is 0.136. The first-order valence-electron chi connectivity index (χ1n) is 9.13. The number of nitriles is 1. The monoisotopic (exact) mass is 382 g/mol. The maximum absolute atomic E-state index is 12.9. The lowest BCUT2D eigenvalue weighted by molar-refractivity contribution is 0.0939. The van der Waals surface area contributed by atoms with E-state index in [0.717, 1.165) is 22.0 Å². The number of nitrogens with one attached hydrogen (secondary N) is 1. The number of nitrogens with zero attached hydrogens (tertiary/aromatic N) is 5. The van der Waals surface area contributed by atoms with Crippen molar-refractivity contribution in [1.82, 2.24) is 25.1 Å². The summed E-state index contributed by atoms with van der Waals surface area (Å²) in [4.78, 5) is 21.5. The van der Waals surface area contributed by atoms with Gasteiger partial charge in [0.15, 0.2) is 5.82 Å². The topological polar surface area (TPSA) is 96.5 Å². The van der Waals surface area contributed by atoms with Crippen LogP contribution in [0.3, 0.4) is 0 Å². The summed E-state index contributed by atoms with van der Waals surface area (Å²) in [5.41, 5.74) is 3.49. The van der Waals surface area contributed by atoms with E-state index in [-0.39, 0.29) is 11.9 Å². The van der Waals surface area contributed by atoms with Gasteiger partial charge in [0.2, 0.25) is 0 Å². The Morgan fingerprint density at radius 3 is 2.79 bits per heavy atom. The van der Waals surface area contributed by atoms with E-state index in [1.807, 2.05) is 44.2 Å². The fourth-order valence-electron chi connectivity index (χ4n) is 3.28. The SMILES string of the molecule is Cc1ccc(C#N)cc1C(=O)N[C@H](C)c1cc(-n2cncn2)nc2ccccc12. The largest absolute Gasteiger partial charge is 0.345 e. The lowest BCUT2D eigenvalue weighted by Crippen LogP contribution is -2.27. The number of aromatic nitrogens is 4. The zero-order chi connectivity index (χ0) is 20.4. The van der Waals surface area contributed by atoms with Crippen molar-refractivity contribution in [1.29, 1.82) is 5.26 Å². The Kier molecular flexibility index (Phi) is 4.75. The number of carbonyl (C=O) groups is 1. The van der Waals surface area contributed by atoms with Gasteiger partial charge in [-0.2, -0.15) is 10.4 Å². The van der Waals surface area contributed by atoms with Gasteiger partial charge in [-0.1, -0.05) is 24.3 Å². The summed E-state index contributed by atoms with van der Waals surface area (Å²) in [6, 6.07) is 16.6. The number of aryl methyl sites for hydroxylation is 1. The molecule has 2 aromatic carbocycles. The Bertz CT molecular complexity index is 1240. The molecule has 0 bridgehead atoms. The molecule has 4 aromatic rings. The summed E-state index contributed by atoms with van der Waals surface area (Å²) in [5, 5.41) is 17.3. The van der Waals surface area contributed by atoms with Crippen molar-refractivity contribution < 1.29 is 4.79 Å². The van der Waals surface area contributed by atoms with Gasteiger partial charge in [0.05, 0.1) is 23.2 Å². The highest BCUT2D eigenvalue weighted by Gasteiger charge is 2.18. The second-order valence-electron chi connectivity index (χ2n) is 6.76. The number of amides is 1. The number of benzene rings is 2. The van der Waals surface area contributed by atoms with Crippen molar-refractivity contribution >= 4 is 16.8 Å². The Labute approximate surface area is 167 Å². The van der Waals surface area contributed by atoms with Crippen LogP contribution >= 0.6 is 0 Å². The maximum atomic E-state index is 12.9. The van der Waals surface area contributed by atoms with Gasteiger partial charge in [-0.05, 0) is 49.2 Å². The summed E-state index contributed by atoms with van der Waals surface area (Å²) in [7, 11) is 0. The second-order valence-corrected chi connectivity index (χ2v) is 6.76. The lowest BCUT2D eigenvalue weighted by atomic mass is 10.0. The quantitative estimate of drug-likeness (QED) is 0.583. The molecule has 7 heteroatoms. The van der Waals surface area contributed by atoms with Crippen molar-refractivity contribution in [3.63, 3.8) is 0 Å². The molecule has 0 aliphatic heterocycles. The van der Waals surface area contributed by atoms with Crippen LogP contribution in [-0.2, 0) is 0 Å². The number of hydrogen-bond acceptors (Lipinski definition) is 5. The van der Waals surface area contributed by atoms with E-state index in [1.165, 1.54) is 6.33 Å². The van der Waals surface area contributed by atoms with Crippen molar-refractivity contribution in [3.05, 3.63) is 83.4 Å². The molecule has 2 heterocycles. The van der Waals surface area contributed by atoms with Crippen molar-refractivity contribution in [3.8, 4) is 11.9 Å². The first-order chi connectivity index (χ1) is 14.1. The molecule has 29 heavy (non-hydrogen) atoms. The molecule has 1 N–H and O–H groups in total. The molecule has 0 radical (unpaired) electrons. The molecule has 0 saturated heterocycles. The van der Waals surface area contributed by atoms with Gasteiger partial charge in [0.25, 0.3) is 5.91 Å². The summed E-state index contributed by atoms with van der Waals surface area (Å²) in [5.74, 6) is 0.398. The van der Waals surface area contributed by atoms with Crippen molar-refractivity contribution in [2.24, 2.45) is 0 Å². The normalized spacial score (nSPS) is 11.8. The third kappa shape index (κ3) is 3.56. The summed E-state index contributed by atoms with van der Waals surface area (Å²) in [6.45, 7) is 3.78. The standard InChI is InChI=1S/C22H18N6O/c1-14-7-8-16(11-23)9-18(14)22(29)26-15(2)19-10-21(28-13-24-12-25-28)27-20-6-4-3-5-17(19)20/h3-10,12-13,15H,1-2H3,(H,26,29)/t15-/m1/s1. The molecule has 1 amide bonds. The molecular weight excluding hydrogens is 364 g/mol. The minimum Gasteiger partial charge on any atom is -0.345 e. The smallest absolute Gasteiger partial charge is 0.252 e. The number of rotatable bonds is 4. The molecule has 0 aliphatic rings. The summed E-state index contributed by atoms with van der Waals surface area (Å²) >= 11 is 0. The molecule has 0 fully saturated rings. The molecular formula is C22H18N6O. The van der Waals surface area contributed by atoms with Crippen molar-refractivity contribution in [2.75, 3.05) is 0 Å². The van der Waals surface area contributed by atoms with Gasteiger partial charge in [-0.3, -0.25) is 4.79 Å². The molecule has 0 aliphatic carbocycles. The van der Waals surface area contributed by atoms with Crippen LogP contribution in [0.4, 0.5) is 0 Å². The van der Waals surface area contributed by atoms with Gasteiger partial charge < -0.3 is 5.32 Å². The highest BCUT2D eigenvalue weighted by Crippen LogP contribution is 2.26. The highest BCUT2D eigenvalue weighted by atomic mass is 16.1. The first-order valence-corrected chi connectivity index (χ1v) is 9.13. The molecule has 2 aromatic heterocycles. The van der Waals surface area contributed by atoms with Gasteiger partial charge in [0.1, 0.15) is 12.7 Å². The molecule has 0 spiro atoms. The van der Waals surface area contributed by atoms with Crippen molar-refractivity contribution in [2.45, 2.75) is 19.9 Å². The number of pyridine rings is 1. The third-order valence-electron chi connectivity index (χ3n) is 4.81. The Morgan fingerprint density at radius 1 is 1.21 bits per heavy atom. The molecule has 7 nitrogen and oxygen atoms in total. The van der Waals surface area contributed by atoms with E-state index in [4.69, 9.17) is 5.26 Å². The average molecular weight is 382 g/mol. The van der Waals surface area contributed by atoms with Gasteiger partial charge >= 0.3 is 0 Å².